The molecule has 0 aromatic carbocycles. The van der Waals surface area contributed by atoms with E-state index in [1.54, 1.807) is 23.7 Å². The number of amides is 1. The van der Waals surface area contributed by atoms with Crippen molar-refractivity contribution in [3.05, 3.63) is 45.2 Å². The summed E-state index contributed by atoms with van der Waals surface area (Å²) in [7, 11) is 0. The van der Waals surface area contributed by atoms with Gasteiger partial charge in [-0.2, -0.15) is 5.10 Å². The highest BCUT2D eigenvalue weighted by Crippen LogP contribution is 2.28. The summed E-state index contributed by atoms with van der Waals surface area (Å²) >= 11 is 0. The normalized spacial score (nSPS) is 22.6. The fourth-order valence-corrected chi connectivity index (χ4v) is 3.87. The Balaban J connectivity index is 1.39. The highest BCUT2D eigenvalue weighted by atomic mass is 16.5. The summed E-state index contributed by atoms with van der Waals surface area (Å²) in [4.78, 5) is 24.5. The van der Waals surface area contributed by atoms with Crippen molar-refractivity contribution in [3.8, 4) is 0 Å². The molecule has 4 rings (SSSR count). The maximum Gasteiger partial charge on any atom is 0.273 e. The van der Waals surface area contributed by atoms with Gasteiger partial charge in [0.1, 0.15) is 5.76 Å². The molecule has 1 N–H and O–H groups in total. The van der Waals surface area contributed by atoms with E-state index in [0.29, 0.717) is 11.5 Å². The van der Waals surface area contributed by atoms with Crippen LogP contribution < -0.4 is 10.9 Å². The molecule has 7 nitrogen and oxygen atoms in total. The molecule has 25 heavy (non-hydrogen) atoms. The number of carbonyl (C=O) groups excluding carboxylic acids is 1. The Hall–Kier alpha value is -2.44. The van der Waals surface area contributed by atoms with Gasteiger partial charge >= 0.3 is 0 Å². The smallest absolute Gasteiger partial charge is 0.273 e. The van der Waals surface area contributed by atoms with E-state index in [-0.39, 0.29) is 23.6 Å². The minimum Gasteiger partial charge on any atom is -0.361 e. The maximum absolute atomic E-state index is 12.3. The molecule has 1 saturated carbocycles. The SMILES string of the molecule is Cc1cc(C(=O)NC2CCC(n3nc4c(cc3=O)CCC4)CC2)no1. The summed E-state index contributed by atoms with van der Waals surface area (Å²) < 4.78 is 6.61. The number of hydrogen-bond donors (Lipinski definition) is 1. The largest absolute Gasteiger partial charge is 0.361 e. The standard InChI is InChI=1S/C18H22N4O3/c1-11-9-16(21-25-11)18(24)19-13-5-7-14(8-6-13)22-17(23)10-12-3-2-4-15(12)20-22/h9-10,13-14H,2-8H2,1H3,(H,19,24). The maximum atomic E-state index is 12.3. The average Bonchev–Trinajstić information content (AvgIpc) is 3.23. The van der Waals surface area contributed by atoms with Gasteiger partial charge in [-0.1, -0.05) is 5.16 Å². The van der Waals surface area contributed by atoms with Crippen LogP contribution in [0.2, 0.25) is 0 Å². The minimum atomic E-state index is -0.201. The zero-order chi connectivity index (χ0) is 17.4. The van der Waals surface area contributed by atoms with E-state index in [1.807, 2.05) is 0 Å². The number of rotatable bonds is 3. The Morgan fingerprint density at radius 2 is 2.04 bits per heavy atom. The Kier molecular flexibility index (Phi) is 4.15. The number of carbonyl (C=O) groups is 1. The molecule has 0 unspecified atom stereocenters. The van der Waals surface area contributed by atoms with Gasteiger partial charge in [-0.15, -0.1) is 0 Å². The van der Waals surface area contributed by atoms with Gasteiger partial charge < -0.3 is 9.84 Å². The zero-order valence-corrected chi connectivity index (χ0v) is 14.3. The molecule has 2 aliphatic carbocycles. The molecule has 1 fully saturated rings. The summed E-state index contributed by atoms with van der Waals surface area (Å²) in [6.07, 6.45) is 6.38. The molecular formula is C18H22N4O3. The molecular weight excluding hydrogens is 320 g/mol. The van der Waals surface area contributed by atoms with E-state index in [2.05, 4.69) is 15.6 Å². The Morgan fingerprint density at radius 1 is 1.24 bits per heavy atom. The summed E-state index contributed by atoms with van der Waals surface area (Å²) in [6.45, 7) is 1.76. The van der Waals surface area contributed by atoms with Crippen LogP contribution in [0.4, 0.5) is 0 Å². The lowest BCUT2D eigenvalue weighted by molar-refractivity contribution is 0.0912. The van der Waals surface area contributed by atoms with Gasteiger partial charge in [-0.3, -0.25) is 9.59 Å². The lowest BCUT2D eigenvalue weighted by Crippen LogP contribution is -2.39. The molecule has 1 amide bonds. The molecule has 0 saturated heterocycles. The van der Waals surface area contributed by atoms with Crippen molar-refractivity contribution >= 4 is 5.91 Å². The molecule has 0 radical (unpaired) electrons. The first-order valence-electron chi connectivity index (χ1n) is 8.96. The monoisotopic (exact) mass is 342 g/mol. The van der Waals surface area contributed by atoms with Crippen LogP contribution in [-0.4, -0.2) is 26.9 Å². The van der Waals surface area contributed by atoms with Crippen LogP contribution in [0.3, 0.4) is 0 Å². The summed E-state index contributed by atoms with van der Waals surface area (Å²) in [6, 6.07) is 3.62. The highest BCUT2D eigenvalue weighted by Gasteiger charge is 2.27. The van der Waals surface area contributed by atoms with E-state index in [1.165, 1.54) is 0 Å². The van der Waals surface area contributed by atoms with Gasteiger partial charge in [0, 0.05) is 18.2 Å². The van der Waals surface area contributed by atoms with Crippen molar-refractivity contribution in [1.29, 1.82) is 0 Å². The molecule has 0 aliphatic heterocycles. The van der Waals surface area contributed by atoms with Gasteiger partial charge in [0.2, 0.25) is 0 Å². The molecule has 2 aromatic rings. The van der Waals surface area contributed by atoms with Crippen molar-refractivity contribution in [2.24, 2.45) is 0 Å². The molecule has 2 heterocycles. The van der Waals surface area contributed by atoms with Gasteiger partial charge in [0.25, 0.3) is 11.5 Å². The van der Waals surface area contributed by atoms with Gasteiger partial charge in [0.15, 0.2) is 5.69 Å². The van der Waals surface area contributed by atoms with Gasteiger partial charge in [-0.25, -0.2) is 4.68 Å². The first-order chi connectivity index (χ1) is 12.1. The van der Waals surface area contributed by atoms with E-state index < -0.39 is 0 Å². The third kappa shape index (κ3) is 3.23. The Morgan fingerprint density at radius 3 is 2.76 bits per heavy atom. The van der Waals surface area contributed by atoms with Crippen LogP contribution in [0.1, 0.15) is 65.7 Å². The van der Waals surface area contributed by atoms with Crippen LogP contribution in [0, 0.1) is 6.92 Å². The quantitative estimate of drug-likeness (QED) is 0.921. The van der Waals surface area contributed by atoms with Crippen molar-refractivity contribution in [2.75, 3.05) is 0 Å². The average molecular weight is 342 g/mol. The van der Waals surface area contributed by atoms with E-state index in [9.17, 15) is 9.59 Å². The topological polar surface area (TPSA) is 90.0 Å². The lowest BCUT2D eigenvalue weighted by Gasteiger charge is -2.29. The molecule has 0 atom stereocenters. The first kappa shape index (κ1) is 16.1. The second-order valence-electron chi connectivity index (χ2n) is 7.05. The third-order valence-electron chi connectivity index (χ3n) is 5.22. The van der Waals surface area contributed by atoms with E-state index >= 15 is 0 Å². The lowest BCUT2D eigenvalue weighted by atomic mass is 9.91. The van der Waals surface area contributed by atoms with Crippen LogP contribution >= 0.6 is 0 Å². The second kappa shape index (κ2) is 6.46. The molecule has 7 heteroatoms. The fourth-order valence-electron chi connectivity index (χ4n) is 3.87. The molecule has 2 aliphatic rings. The van der Waals surface area contributed by atoms with E-state index in [0.717, 1.165) is 56.2 Å². The predicted octanol–water partition coefficient (Wildman–Crippen LogP) is 1.94. The second-order valence-corrected chi connectivity index (χ2v) is 7.05. The van der Waals surface area contributed by atoms with Crippen LogP contribution in [0.15, 0.2) is 21.5 Å². The Bertz CT molecular complexity index is 846. The molecule has 2 aromatic heterocycles. The third-order valence-corrected chi connectivity index (χ3v) is 5.22. The number of aryl methyl sites for hydroxylation is 3. The van der Waals surface area contributed by atoms with Crippen LogP contribution in [0.25, 0.3) is 0 Å². The summed E-state index contributed by atoms with van der Waals surface area (Å²) in [5.74, 6) is 0.420. The van der Waals surface area contributed by atoms with Crippen molar-refractivity contribution in [3.63, 3.8) is 0 Å². The number of hydrogen-bond acceptors (Lipinski definition) is 5. The molecule has 0 bridgehead atoms. The van der Waals surface area contributed by atoms with Gasteiger partial charge in [-0.05, 0) is 57.4 Å². The summed E-state index contributed by atoms with van der Waals surface area (Å²) in [5, 5.41) is 11.4. The zero-order valence-electron chi connectivity index (χ0n) is 14.3. The number of fused-ring (bicyclic) bond motifs is 1. The highest BCUT2D eigenvalue weighted by molar-refractivity contribution is 5.92. The van der Waals surface area contributed by atoms with Gasteiger partial charge in [0.05, 0.1) is 11.7 Å². The van der Waals surface area contributed by atoms with E-state index in [4.69, 9.17) is 4.52 Å². The van der Waals surface area contributed by atoms with Crippen LogP contribution in [0.5, 0.6) is 0 Å². The Labute approximate surface area is 145 Å². The first-order valence-corrected chi connectivity index (χ1v) is 8.96. The number of aromatic nitrogens is 3. The predicted molar refractivity (Wildman–Crippen MR) is 90.5 cm³/mol. The number of nitrogens with one attached hydrogen (secondary N) is 1. The molecule has 0 spiro atoms. The van der Waals surface area contributed by atoms with Crippen LogP contribution in [-0.2, 0) is 12.8 Å². The number of nitrogens with zero attached hydrogens (tertiary/aromatic N) is 3. The minimum absolute atomic E-state index is 0.00575. The van der Waals surface area contributed by atoms with Crippen molar-refractivity contribution < 1.29 is 9.32 Å². The van der Waals surface area contributed by atoms with Crippen molar-refractivity contribution in [2.45, 2.75) is 64.0 Å². The van der Waals surface area contributed by atoms with Crippen molar-refractivity contribution in [1.82, 2.24) is 20.3 Å². The summed E-state index contributed by atoms with van der Waals surface area (Å²) in [5.41, 5.74) is 2.52. The molecule has 132 valence electrons. The fraction of sp³-hybridized carbons (Fsp3) is 0.556.